The molecular weight excluding hydrogens is 374 g/mol. The summed E-state index contributed by atoms with van der Waals surface area (Å²) in [5, 5.41) is 3.77. The lowest BCUT2D eigenvalue weighted by Gasteiger charge is -2.55. The second kappa shape index (κ2) is 6.69. The average Bonchev–Trinajstić information content (AvgIpc) is 2.63. The van der Waals surface area contributed by atoms with E-state index in [1.165, 1.54) is 11.1 Å². The van der Waals surface area contributed by atoms with Gasteiger partial charge in [0.25, 0.3) is 0 Å². The number of carbonyl (C=O) groups is 1. The first-order chi connectivity index (χ1) is 12.1. The van der Waals surface area contributed by atoms with Gasteiger partial charge < -0.3 is 5.32 Å². The predicted octanol–water partition coefficient (Wildman–Crippen LogP) is 4.86. The zero-order valence-electron chi connectivity index (χ0n) is 14.5. The van der Waals surface area contributed by atoms with Crippen LogP contribution in [0.4, 0.5) is 0 Å². The molecule has 0 aliphatic heterocycles. The highest BCUT2D eigenvalue weighted by molar-refractivity contribution is 9.10. The fraction of sp³-hybridized carbons (Fsp3) is 0.409. The molecule has 2 bridgehead atoms. The van der Waals surface area contributed by atoms with Gasteiger partial charge in [0.05, 0.1) is 0 Å². The quantitative estimate of drug-likeness (QED) is 0.797. The van der Waals surface area contributed by atoms with Gasteiger partial charge in [-0.1, -0.05) is 65.3 Å². The highest BCUT2D eigenvalue weighted by atomic mass is 79.9. The van der Waals surface area contributed by atoms with Crippen molar-refractivity contribution in [2.75, 3.05) is 0 Å². The van der Waals surface area contributed by atoms with Crippen molar-refractivity contribution in [2.24, 2.45) is 11.8 Å². The minimum absolute atomic E-state index is 0.00626. The molecule has 25 heavy (non-hydrogen) atoms. The summed E-state index contributed by atoms with van der Waals surface area (Å²) in [6.45, 7) is 3.18. The number of hydrogen-bond donors (Lipinski definition) is 1. The zero-order valence-corrected chi connectivity index (χ0v) is 16.1. The van der Waals surface area contributed by atoms with Crippen LogP contribution in [-0.4, -0.2) is 11.8 Å². The third-order valence-corrected chi connectivity index (χ3v) is 6.95. The van der Waals surface area contributed by atoms with Crippen LogP contribution in [0.5, 0.6) is 0 Å². The van der Waals surface area contributed by atoms with Crippen molar-refractivity contribution in [3.05, 3.63) is 70.2 Å². The van der Waals surface area contributed by atoms with Gasteiger partial charge in [-0.15, -0.1) is 0 Å². The lowest BCUT2D eigenvalue weighted by atomic mass is 9.51. The monoisotopic (exact) mass is 397 g/mol. The number of Topliss-reactive ketones (excluding diaryl/α,β-unsaturated/α-hetero) is 1. The van der Waals surface area contributed by atoms with Crippen LogP contribution in [0.25, 0.3) is 0 Å². The third-order valence-electron chi connectivity index (χ3n) is 6.42. The first-order valence-electron chi connectivity index (χ1n) is 9.15. The molecule has 2 nitrogen and oxygen atoms in total. The van der Waals surface area contributed by atoms with E-state index in [1.807, 2.05) is 6.07 Å². The lowest BCUT2D eigenvalue weighted by molar-refractivity contribution is -0.135. The van der Waals surface area contributed by atoms with E-state index in [-0.39, 0.29) is 17.4 Å². The summed E-state index contributed by atoms with van der Waals surface area (Å²) in [7, 11) is 0. The highest BCUT2D eigenvalue weighted by Gasteiger charge is 2.55. The van der Waals surface area contributed by atoms with Crippen molar-refractivity contribution in [1.82, 2.24) is 5.32 Å². The summed E-state index contributed by atoms with van der Waals surface area (Å²) in [6, 6.07) is 19.4. The Hall–Kier alpha value is -1.45. The highest BCUT2D eigenvalue weighted by Crippen LogP contribution is 2.52. The van der Waals surface area contributed by atoms with Crippen molar-refractivity contribution in [1.29, 1.82) is 0 Å². The molecule has 3 heteroatoms. The molecule has 0 saturated heterocycles. The maximum absolute atomic E-state index is 12.6. The van der Waals surface area contributed by atoms with Crippen LogP contribution in [0.2, 0.25) is 0 Å². The van der Waals surface area contributed by atoms with E-state index in [2.05, 4.69) is 76.7 Å². The number of hydrogen-bond acceptors (Lipinski definition) is 2. The number of carbonyl (C=O) groups excluding carboxylic acids is 1. The van der Waals surface area contributed by atoms with Crippen LogP contribution in [0.15, 0.2) is 59.1 Å². The van der Waals surface area contributed by atoms with Crippen molar-refractivity contribution < 1.29 is 4.79 Å². The molecule has 1 N–H and O–H groups in total. The van der Waals surface area contributed by atoms with Crippen molar-refractivity contribution in [3.63, 3.8) is 0 Å². The lowest BCUT2D eigenvalue weighted by Crippen LogP contribution is -2.63. The van der Waals surface area contributed by atoms with Crippen LogP contribution in [-0.2, 0) is 16.8 Å². The summed E-state index contributed by atoms with van der Waals surface area (Å²) in [4.78, 5) is 12.6. The van der Waals surface area contributed by atoms with Gasteiger partial charge in [0.2, 0.25) is 0 Å². The Morgan fingerprint density at radius 1 is 1.08 bits per heavy atom. The maximum atomic E-state index is 12.6. The van der Waals surface area contributed by atoms with E-state index >= 15 is 0 Å². The van der Waals surface area contributed by atoms with Crippen molar-refractivity contribution >= 4 is 21.7 Å². The Bertz CT molecular complexity index is 757. The Morgan fingerprint density at radius 3 is 2.48 bits per heavy atom. The molecular formula is C22H24BrNO. The van der Waals surface area contributed by atoms with Crippen molar-refractivity contribution in [2.45, 2.75) is 44.2 Å². The van der Waals surface area contributed by atoms with Crippen molar-refractivity contribution in [3.8, 4) is 0 Å². The summed E-state index contributed by atoms with van der Waals surface area (Å²) >= 11 is 3.54. The number of nitrogens with one attached hydrogen (secondary N) is 1. The molecule has 5 rings (SSSR count). The second-order valence-electron chi connectivity index (χ2n) is 7.68. The number of halogens is 1. The zero-order chi connectivity index (χ0) is 17.4. The third kappa shape index (κ3) is 2.98. The van der Waals surface area contributed by atoms with E-state index in [9.17, 15) is 4.79 Å². The topological polar surface area (TPSA) is 29.1 Å². The Kier molecular flexibility index (Phi) is 4.55. The minimum Gasteiger partial charge on any atom is -0.308 e. The summed E-state index contributed by atoms with van der Waals surface area (Å²) < 4.78 is 1.10. The van der Waals surface area contributed by atoms with E-state index in [1.54, 1.807) is 0 Å². The van der Waals surface area contributed by atoms with Gasteiger partial charge in [0, 0.05) is 34.8 Å². The van der Waals surface area contributed by atoms with Crippen LogP contribution >= 0.6 is 15.9 Å². The molecule has 3 aliphatic rings. The normalized spacial score (nSPS) is 31.3. The molecule has 0 heterocycles. The standard InChI is InChI=1S/C22H24BrNO/c1-22(16-7-10-18(23)11-8-16)17-9-12-19(20(25)13-17)21(22)24-14-15-5-3-2-4-6-15/h2-8,10-11,17,19,21,24H,9,12-14H2,1H3. The van der Waals surface area contributed by atoms with Crippen LogP contribution in [0.3, 0.4) is 0 Å². The molecule has 4 atom stereocenters. The van der Waals surface area contributed by atoms with Crippen LogP contribution in [0.1, 0.15) is 37.3 Å². The Balaban J connectivity index is 1.67. The SMILES string of the molecule is CC1(c2ccc(Br)cc2)C2CCC(C(=O)C2)C1NCc1ccccc1. The van der Waals surface area contributed by atoms with Gasteiger partial charge in [-0.2, -0.15) is 0 Å². The largest absolute Gasteiger partial charge is 0.308 e. The smallest absolute Gasteiger partial charge is 0.137 e. The van der Waals surface area contributed by atoms with Crippen LogP contribution < -0.4 is 5.32 Å². The molecule has 2 aromatic rings. The predicted molar refractivity (Wildman–Crippen MR) is 104 cm³/mol. The molecule has 3 saturated carbocycles. The van der Waals surface area contributed by atoms with Gasteiger partial charge >= 0.3 is 0 Å². The molecule has 0 aromatic heterocycles. The fourth-order valence-electron chi connectivity index (χ4n) is 4.98. The Morgan fingerprint density at radius 2 is 1.80 bits per heavy atom. The second-order valence-corrected chi connectivity index (χ2v) is 8.60. The van der Waals surface area contributed by atoms with Crippen LogP contribution in [0, 0.1) is 11.8 Å². The van der Waals surface area contributed by atoms with Gasteiger partial charge in [-0.25, -0.2) is 0 Å². The number of rotatable bonds is 4. The minimum atomic E-state index is 0.00626. The molecule has 3 aliphatic carbocycles. The molecule has 0 spiro atoms. The first-order valence-corrected chi connectivity index (χ1v) is 9.94. The summed E-state index contributed by atoms with van der Waals surface area (Å²) in [5.74, 6) is 1.03. The number of ketones is 1. The number of benzene rings is 2. The summed E-state index contributed by atoms with van der Waals surface area (Å²) in [6.07, 6.45) is 2.93. The fourth-order valence-corrected chi connectivity index (χ4v) is 5.24. The van der Waals surface area contributed by atoms with E-state index in [0.29, 0.717) is 11.7 Å². The summed E-state index contributed by atoms with van der Waals surface area (Å²) in [5.41, 5.74) is 2.63. The molecule has 0 radical (unpaired) electrons. The molecule has 4 unspecified atom stereocenters. The van der Waals surface area contributed by atoms with E-state index < -0.39 is 0 Å². The molecule has 130 valence electrons. The van der Waals surface area contributed by atoms with Gasteiger partial charge in [-0.3, -0.25) is 4.79 Å². The van der Waals surface area contributed by atoms with E-state index in [0.717, 1.165) is 30.3 Å². The van der Waals surface area contributed by atoms with E-state index in [4.69, 9.17) is 0 Å². The molecule has 0 amide bonds. The number of fused-ring (bicyclic) bond motifs is 3. The first kappa shape index (κ1) is 17.0. The molecule has 2 aromatic carbocycles. The van der Waals surface area contributed by atoms with Gasteiger partial charge in [0.15, 0.2) is 0 Å². The van der Waals surface area contributed by atoms with Gasteiger partial charge in [-0.05, 0) is 42.0 Å². The average molecular weight is 398 g/mol. The maximum Gasteiger partial charge on any atom is 0.137 e. The van der Waals surface area contributed by atoms with Gasteiger partial charge in [0.1, 0.15) is 5.78 Å². The Labute approximate surface area is 158 Å². The molecule has 3 fully saturated rings.